The number of nitrogens with two attached hydrogens (primary N) is 1. The summed E-state index contributed by atoms with van der Waals surface area (Å²) in [6, 6.07) is 3.59. The smallest absolute Gasteiger partial charge is 0.235 e. The van der Waals surface area contributed by atoms with E-state index in [0.29, 0.717) is 6.54 Å². The number of aromatic nitrogens is 1. The van der Waals surface area contributed by atoms with Crippen molar-refractivity contribution in [3.63, 3.8) is 0 Å². The number of hydrogen-bond donors (Lipinski definition) is 2. The first-order valence-corrected chi connectivity index (χ1v) is 5.75. The van der Waals surface area contributed by atoms with Gasteiger partial charge in [0.25, 0.3) is 0 Å². The zero-order valence-electron chi connectivity index (χ0n) is 10.9. The van der Waals surface area contributed by atoms with E-state index < -0.39 is 0 Å². The van der Waals surface area contributed by atoms with Crippen molar-refractivity contribution in [2.24, 2.45) is 11.1 Å². The lowest BCUT2D eigenvalue weighted by Crippen LogP contribution is -2.49. The van der Waals surface area contributed by atoms with E-state index >= 15 is 0 Å². The van der Waals surface area contributed by atoms with E-state index in [1.165, 1.54) is 0 Å². The molecule has 0 aliphatic carbocycles. The van der Waals surface area contributed by atoms with Crippen LogP contribution >= 0.6 is 0 Å². The molecule has 4 nitrogen and oxygen atoms in total. The molecule has 0 fully saturated rings. The molecule has 94 valence electrons. The van der Waals surface area contributed by atoms with Crippen LogP contribution in [-0.4, -0.2) is 16.9 Å². The van der Waals surface area contributed by atoms with Gasteiger partial charge in [-0.3, -0.25) is 15.1 Å². The van der Waals surface area contributed by atoms with Gasteiger partial charge < -0.3 is 5.73 Å². The van der Waals surface area contributed by atoms with Crippen LogP contribution in [0.1, 0.15) is 32.0 Å². The molecule has 1 aromatic heterocycles. The quantitative estimate of drug-likeness (QED) is 0.828. The van der Waals surface area contributed by atoms with Gasteiger partial charge in [0.1, 0.15) is 0 Å². The maximum absolute atomic E-state index is 11.4. The summed E-state index contributed by atoms with van der Waals surface area (Å²) >= 11 is 0. The Bertz CT molecular complexity index is 379. The van der Waals surface area contributed by atoms with Crippen LogP contribution in [0.25, 0.3) is 0 Å². The van der Waals surface area contributed by atoms with E-state index in [-0.39, 0.29) is 17.4 Å². The molecular weight excluding hydrogens is 214 g/mol. The number of primary amides is 1. The molecule has 17 heavy (non-hydrogen) atoms. The molecule has 0 unspecified atom stereocenters. The Labute approximate surface area is 103 Å². The first-order valence-electron chi connectivity index (χ1n) is 5.75. The van der Waals surface area contributed by atoms with Crippen LogP contribution < -0.4 is 11.1 Å². The molecule has 3 N–H and O–H groups in total. The van der Waals surface area contributed by atoms with Crippen molar-refractivity contribution in [3.05, 3.63) is 29.6 Å². The second-order valence-corrected chi connectivity index (χ2v) is 5.41. The number of nitrogens with zero attached hydrogens (tertiary/aromatic N) is 1. The molecule has 1 heterocycles. The van der Waals surface area contributed by atoms with Gasteiger partial charge in [0.15, 0.2) is 0 Å². The average Bonchev–Trinajstić information content (AvgIpc) is 2.18. The number of nitrogens with one attached hydrogen (secondary N) is 1. The molecule has 1 aromatic rings. The summed E-state index contributed by atoms with van der Waals surface area (Å²) in [5, 5.41) is 3.16. The van der Waals surface area contributed by atoms with Crippen molar-refractivity contribution in [1.29, 1.82) is 0 Å². The van der Waals surface area contributed by atoms with E-state index in [4.69, 9.17) is 5.73 Å². The predicted octanol–water partition coefficient (Wildman–Crippen LogP) is 1.38. The Hall–Kier alpha value is -1.42. The number of pyridine rings is 1. The van der Waals surface area contributed by atoms with Crippen LogP contribution in [0.4, 0.5) is 0 Å². The number of amides is 1. The summed E-state index contributed by atoms with van der Waals surface area (Å²) in [4.78, 5) is 15.6. The fraction of sp³-hybridized carbons (Fsp3) is 0.538. The Morgan fingerprint density at radius 2 is 2.12 bits per heavy atom. The van der Waals surface area contributed by atoms with Crippen LogP contribution in [-0.2, 0) is 11.3 Å². The van der Waals surface area contributed by atoms with Crippen molar-refractivity contribution >= 4 is 5.91 Å². The Balaban J connectivity index is 2.65. The highest BCUT2D eigenvalue weighted by Crippen LogP contribution is 2.19. The summed E-state index contributed by atoms with van der Waals surface area (Å²) in [6.07, 6.45) is 1.81. The molecule has 4 heteroatoms. The van der Waals surface area contributed by atoms with E-state index in [1.54, 1.807) is 0 Å². The average molecular weight is 235 g/mol. The van der Waals surface area contributed by atoms with E-state index in [1.807, 2.05) is 46.0 Å². The molecule has 0 radical (unpaired) electrons. The van der Waals surface area contributed by atoms with Crippen molar-refractivity contribution in [1.82, 2.24) is 10.3 Å². The lowest BCUT2D eigenvalue weighted by Gasteiger charge is -2.28. The molecule has 1 rings (SSSR count). The first-order chi connectivity index (χ1) is 7.80. The predicted molar refractivity (Wildman–Crippen MR) is 68.3 cm³/mol. The molecule has 0 bridgehead atoms. The van der Waals surface area contributed by atoms with Crippen LogP contribution in [0.3, 0.4) is 0 Å². The normalized spacial score (nSPS) is 13.4. The lowest BCUT2D eigenvalue weighted by atomic mass is 9.86. The molecule has 0 aliphatic rings. The fourth-order valence-electron chi connectivity index (χ4n) is 1.64. The molecular formula is C13H21N3O. The Kier molecular flexibility index (Phi) is 4.23. The monoisotopic (exact) mass is 235 g/mol. The molecule has 0 saturated carbocycles. The molecule has 0 aliphatic heterocycles. The minimum atomic E-state index is -0.356. The standard InChI is InChI=1S/C13H21N3O/c1-9-5-6-10(15-7-9)8-16-11(12(14)17)13(2,3)4/h5-7,11,16H,8H2,1-4H3,(H2,14,17)/t11-/m0/s1. The summed E-state index contributed by atoms with van der Waals surface area (Å²) in [7, 11) is 0. The summed E-state index contributed by atoms with van der Waals surface area (Å²) < 4.78 is 0. The molecule has 0 spiro atoms. The van der Waals surface area contributed by atoms with Crippen molar-refractivity contribution in [2.75, 3.05) is 0 Å². The van der Waals surface area contributed by atoms with Gasteiger partial charge in [-0.05, 0) is 24.0 Å². The number of aryl methyl sites for hydroxylation is 1. The highest BCUT2D eigenvalue weighted by atomic mass is 16.1. The van der Waals surface area contributed by atoms with Crippen LogP contribution in [0.5, 0.6) is 0 Å². The van der Waals surface area contributed by atoms with Crippen LogP contribution in [0, 0.1) is 12.3 Å². The molecule has 0 aromatic carbocycles. The number of carbonyl (C=O) groups is 1. The SMILES string of the molecule is Cc1ccc(CN[C@@H](C(N)=O)C(C)(C)C)nc1. The third kappa shape index (κ3) is 4.15. The minimum absolute atomic E-state index is 0.198. The largest absolute Gasteiger partial charge is 0.368 e. The second-order valence-electron chi connectivity index (χ2n) is 5.41. The number of carbonyl (C=O) groups excluding carboxylic acids is 1. The van der Waals surface area contributed by atoms with E-state index in [0.717, 1.165) is 11.3 Å². The van der Waals surface area contributed by atoms with Gasteiger partial charge in [-0.25, -0.2) is 0 Å². The fourth-order valence-corrected chi connectivity index (χ4v) is 1.64. The van der Waals surface area contributed by atoms with Crippen LogP contribution in [0.15, 0.2) is 18.3 Å². The summed E-state index contributed by atoms with van der Waals surface area (Å²) in [5.74, 6) is -0.329. The van der Waals surface area contributed by atoms with Gasteiger partial charge >= 0.3 is 0 Å². The highest BCUT2D eigenvalue weighted by molar-refractivity contribution is 5.80. The number of hydrogen-bond acceptors (Lipinski definition) is 3. The second kappa shape index (κ2) is 5.27. The van der Waals surface area contributed by atoms with Crippen molar-refractivity contribution in [3.8, 4) is 0 Å². The van der Waals surface area contributed by atoms with E-state index in [2.05, 4.69) is 10.3 Å². The molecule has 0 saturated heterocycles. The first kappa shape index (κ1) is 13.6. The maximum atomic E-state index is 11.4. The van der Waals surface area contributed by atoms with Gasteiger partial charge in [0.2, 0.25) is 5.91 Å². The summed E-state index contributed by atoms with van der Waals surface area (Å²) in [5.41, 5.74) is 7.22. The zero-order chi connectivity index (χ0) is 13.1. The maximum Gasteiger partial charge on any atom is 0.235 e. The highest BCUT2D eigenvalue weighted by Gasteiger charge is 2.28. The zero-order valence-corrected chi connectivity index (χ0v) is 10.9. The van der Waals surface area contributed by atoms with E-state index in [9.17, 15) is 4.79 Å². The Morgan fingerprint density at radius 3 is 2.53 bits per heavy atom. The lowest BCUT2D eigenvalue weighted by molar-refractivity contribution is -0.122. The summed E-state index contributed by atoms with van der Waals surface area (Å²) in [6.45, 7) is 8.49. The van der Waals surface area contributed by atoms with Gasteiger partial charge in [-0.2, -0.15) is 0 Å². The Morgan fingerprint density at radius 1 is 1.47 bits per heavy atom. The van der Waals surface area contributed by atoms with Crippen molar-refractivity contribution in [2.45, 2.75) is 40.3 Å². The third-order valence-corrected chi connectivity index (χ3v) is 2.61. The third-order valence-electron chi connectivity index (χ3n) is 2.61. The molecule has 1 atom stereocenters. The van der Waals surface area contributed by atoms with Gasteiger partial charge in [0.05, 0.1) is 11.7 Å². The van der Waals surface area contributed by atoms with Gasteiger partial charge in [0, 0.05) is 12.7 Å². The minimum Gasteiger partial charge on any atom is -0.368 e. The van der Waals surface area contributed by atoms with Gasteiger partial charge in [-0.15, -0.1) is 0 Å². The van der Waals surface area contributed by atoms with Gasteiger partial charge in [-0.1, -0.05) is 26.8 Å². The molecule has 1 amide bonds. The number of rotatable bonds is 4. The van der Waals surface area contributed by atoms with Crippen molar-refractivity contribution < 1.29 is 4.79 Å². The topological polar surface area (TPSA) is 68.0 Å². The van der Waals surface area contributed by atoms with Crippen LogP contribution in [0.2, 0.25) is 0 Å².